The Labute approximate surface area is 137 Å². The van der Waals surface area contributed by atoms with Crippen LogP contribution in [0.15, 0.2) is 48.2 Å². The van der Waals surface area contributed by atoms with Crippen molar-refractivity contribution in [1.82, 2.24) is 4.90 Å². The Morgan fingerprint density at radius 1 is 1.35 bits per heavy atom. The molecular weight excluding hydrogens is 284 g/mol. The third-order valence-corrected chi connectivity index (χ3v) is 6.78. The average molecular weight is 306 g/mol. The first-order valence-electron chi connectivity index (χ1n) is 8.55. The van der Waals surface area contributed by atoms with Crippen molar-refractivity contribution >= 4 is 11.5 Å². The van der Waals surface area contributed by atoms with Gasteiger partial charge < -0.3 is 9.80 Å². The monoisotopic (exact) mass is 306 g/mol. The molecule has 0 amide bonds. The van der Waals surface area contributed by atoms with Crippen LogP contribution >= 0.6 is 0 Å². The molecule has 3 heteroatoms. The Hall–Kier alpha value is -2.03. The number of fused-ring (bicyclic) bond motifs is 2. The first kappa shape index (κ1) is 13.4. The molecule has 0 N–H and O–H groups in total. The number of anilines is 1. The fourth-order valence-corrected chi connectivity index (χ4v) is 5.95. The number of Topliss-reactive ketones (excluding diaryl/α,β-unsaturated/α-hetero) is 1. The summed E-state index contributed by atoms with van der Waals surface area (Å²) in [4.78, 5) is 17.0. The largest absolute Gasteiger partial charge is 0.373 e. The van der Waals surface area contributed by atoms with E-state index in [9.17, 15) is 4.79 Å². The van der Waals surface area contributed by atoms with Gasteiger partial charge in [-0.25, -0.2) is 0 Å². The lowest BCUT2D eigenvalue weighted by Crippen LogP contribution is -2.58. The van der Waals surface area contributed by atoms with E-state index >= 15 is 0 Å². The molecule has 3 heterocycles. The molecule has 5 rings (SSSR count). The Morgan fingerprint density at radius 2 is 2.13 bits per heavy atom. The number of benzene rings is 1. The summed E-state index contributed by atoms with van der Waals surface area (Å²) in [6, 6.07) is 9.66. The van der Waals surface area contributed by atoms with Crippen LogP contribution in [0.25, 0.3) is 0 Å². The SMILES string of the molecule is C=C1[C@H]2C[C@@H]3N(C=C2C(C)=O)CC[C@@]32c3ccccc3N(C)[C@@H]12. The second-order valence-electron chi connectivity index (χ2n) is 7.58. The molecule has 3 nitrogen and oxygen atoms in total. The van der Waals surface area contributed by atoms with E-state index in [4.69, 9.17) is 0 Å². The first-order valence-corrected chi connectivity index (χ1v) is 8.55. The lowest BCUT2D eigenvalue weighted by Gasteiger charge is -2.52. The van der Waals surface area contributed by atoms with Crippen LogP contribution in [-0.2, 0) is 10.2 Å². The summed E-state index contributed by atoms with van der Waals surface area (Å²) in [5.74, 6) is 0.425. The zero-order valence-corrected chi connectivity index (χ0v) is 13.7. The molecule has 1 aromatic carbocycles. The number of nitrogens with zero attached hydrogens (tertiary/aromatic N) is 2. The summed E-state index contributed by atoms with van der Waals surface area (Å²) in [5.41, 5.74) is 5.18. The number of likely N-dealkylation sites (N-methyl/N-ethyl adjacent to an activating group) is 1. The van der Waals surface area contributed by atoms with Crippen molar-refractivity contribution in [3.8, 4) is 0 Å². The standard InChI is InChI=1S/C20H22N2O/c1-12-14-10-18-20(8-9-22(18)11-15(14)13(2)23)16-6-4-5-7-17(16)21(3)19(12)20/h4-7,11,14,18-19H,1,8-10H2,2-3H3/t14-,18+,19+,20-/m1/s1. The molecule has 2 bridgehead atoms. The molecule has 2 fully saturated rings. The summed E-state index contributed by atoms with van der Waals surface area (Å²) in [6.45, 7) is 7.24. The topological polar surface area (TPSA) is 23.6 Å². The number of para-hydroxylation sites is 1. The maximum atomic E-state index is 12.2. The van der Waals surface area contributed by atoms with Crippen LogP contribution < -0.4 is 4.90 Å². The van der Waals surface area contributed by atoms with Crippen molar-refractivity contribution < 1.29 is 4.79 Å². The fourth-order valence-electron chi connectivity index (χ4n) is 5.95. The van der Waals surface area contributed by atoms with E-state index in [0.29, 0.717) is 12.1 Å². The number of carbonyl (C=O) groups is 1. The van der Waals surface area contributed by atoms with Gasteiger partial charge in [0.15, 0.2) is 5.78 Å². The molecule has 1 saturated carbocycles. The predicted octanol–water partition coefficient (Wildman–Crippen LogP) is 2.88. The zero-order valence-electron chi connectivity index (χ0n) is 13.7. The van der Waals surface area contributed by atoms with E-state index in [0.717, 1.165) is 25.0 Å². The van der Waals surface area contributed by atoms with Crippen molar-refractivity contribution in [1.29, 1.82) is 0 Å². The van der Waals surface area contributed by atoms with Gasteiger partial charge in [-0.3, -0.25) is 4.79 Å². The van der Waals surface area contributed by atoms with Crippen molar-refractivity contribution in [2.24, 2.45) is 5.92 Å². The maximum absolute atomic E-state index is 12.2. The summed E-state index contributed by atoms with van der Waals surface area (Å²) >= 11 is 0. The summed E-state index contributed by atoms with van der Waals surface area (Å²) in [7, 11) is 2.20. The molecule has 23 heavy (non-hydrogen) atoms. The lowest BCUT2D eigenvalue weighted by molar-refractivity contribution is -0.114. The third-order valence-electron chi connectivity index (χ3n) is 6.78. The highest BCUT2D eigenvalue weighted by Crippen LogP contribution is 2.62. The molecule has 3 aliphatic heterocycles. The third kappa shape index (κ3) is 1.36. The van der Waals surface area contributed by atoms with Crippen LogP contribution in [0, 0.1) is 5.92 Å². The van der Waals surface area contributed by atoms with Gasteiger partial charge in [0, 0.05) is 48.4 Å². The van der Waals surface area contributed by atoms with Gasteiger partial charge in [-0.2, -0.15) is 0 Å². The molecule has 118 valence electrons. The highest BCUT2D eigenvalue weighted by molar-refractivity contribution is 5.95. The van der Waals surface area contributed by atoms with Crippen LogP contribution in [-0.4, -0.2) is 36.4 Å². The van der Waals surface area contributed by atoms with Crippen molar-refractivity contribution in [3.05, 3.63) is 53.8 Å². The minimum Gasteiger partial charge on any atom is -0.373 e. The van der Waals surface area contributed by atoms with Gasteiger partial charge in [-0.15, -0.1) is 0 Å². The van der Waals surface area contributed by atoms with Gasteiger partial charge in [0.1, 0.15) is 0 Å². The van der Waals surface area contributed by atoms with E-state index in [2.05, 4.69) is 53.9 Å². The number of rotatable bonds is 1. The summed E-state index contributed by atoms with van der Waals surface area (Å²) in [6.07, 6.45) is 4.35. The van der Waals surface area contributed by atoms with Gasteiger partial charge in [0.25, 0.3) is 0 Å². The molecule has 0 unspecified atom stereocenters. The quantitative estimate of drug-likeness (QED) is 0.745. The van der Waals surface area contributed by atoms with E-state index < -0.39 is 0 Å². The lowest BCUT2D eigenvalue weighted by atomic mass is 9.58. The zero-order chi connectivity index (χ0) is 15.9. The van der Waals surface area contributed by atoms with Gasteiger partial charge in [-0.1, -0.05) is 24.8 Å². The summed E-state index contributed by atoms with van der Waals surface area (Å²) in [5, 5.41) is 0. The van der Waals surface area contributed by atoms with Crippen LogP contribution in [0.3, 0.4) is 0 Å². The fraction of sp³-hybridized carbons (Fsp3) is 0.450. The Bertz CT molecular complexity index is 780. The molecule has 0 aromatic heterocycles. The molecule has 1 aliphatic carbocycles. The van der Waals surface area contributed by atoms with Crippen LogP contribution in [0.4, 0.5) is 5.69 Å². The van der Waals surface area contributed by atoms with E-state index in [1.807, 2.05) is 0 Å². The second-order valence-corrected chi connectivity index (χ2v) is 7.58. The number of ketones is 1. The number of hydrogen-bond acceptors (Lipinski definition) is 3. The maximum Gasteiger partial charge on any atom is 0.157 e. The van der Waals surface area contributed by atoms with Gasteiger partial charge in [0.05, 0.1) is 6.04 Å². The van der Waals surface area contributed by atoms with Gasteiger partial charge >= 0.3 is 0 Å². The highest BCUT2D eigenvalue weighted by atomic mass is 16.1. The van der Waals surface area contributed by atoms with Crippen LogP contribution in [0.5, 0.6) is 0 Å². The van der Waals surface area contributed by atoms with Gasteiger partial charge in [-0.05, 0) is 37.0 Å². The predicted molar refractivity (Wildman–Crippen MR) is 91.4 cm³/mol. The minimum atomic E-state index is 0.151. The average Bonchev–Trinajstić information content (AvgIpc) is 3.06. The highest BCUT2D eigenvalue weighted by Gasteiger charge is 2.64. The first-order chi connectivity index (χ1) is 11.1. The van der Waals surface area contributed by atoms with Crippen LogP contribution in [0.1, 0.15) is 25.3 Å². The molecule has 4 atom stereocenters. The molecule has 1 aromatic rings. The van der Waals surface area contributed by atoms with Crippen molar-refractivity contribution in [2.75, 3.05) is 18.5 Å². The van der Waals surface area contributed by atoms with E-state index in [1.54, 1.807) is 6.92 Å². The van der Waals surface area contributed by atoms with E-state index in [1.165, 1.54) is 16.8 Å². The molecular formula is C20H22N2O. The number of hydrogen-bond donors (Lipinski definition) is 0. The van der Waals surface area contributed by atoms with Crippen molar-refractivity contribution in [2.45, 2.75) is 37.3 Å². The Kier molecular flexibility index (Phi) is 2.38. The molecule has 0 radical (unpaired) electrons. The van der Waals surface area contributed by atoms with E-state index in [-0.39, 0.29) is 17.1 Å². The number of carbonyl (C=O) groups excluding carboxylic acids is 1. The summed E-state index contributed by atoms with van der Waals surface area (Å²) < 4.78 is 0. The van der Waals surface area contributed by atoms with Crippen LogP contribution in [0.2, 0.25) is 0 Å². The minimum absolute atomic E-state index is 0.151. The number of allylic oxidation sites excluding steroid dienone is 1. The molecule has 1 spiro atoms. The molecule has 1 saturated heterocycles. The van der Waals surface area contributed by atoms with Gasteiger partial charge in [0.2, 0.25) is 0 Å². The Balaban J connectivity index is 1.76. The second kappa shape index (κ2) is 4.08. The Morgan fingerprint density at radius 3 is 2.91 bits per heavy atom. The smallest absolute Gasteiger partial charge is 0.157 e. The normalized spacial score (nSPS) is 36.7. The molecule has 4 aliphatic rings. The van der Waals surface area contributed by atoms with Crippen molar-refractivity contribution in [3.63, 3.8) is 0 Å².